The molecule has 18 heavy (non-hydrogen) atoms. The smallest absolute Gasteiger partial charge is 0.232 e. The highest BCUT2D eigenvalue weighted by atomic mass is 35.5. The number of ether oxygens (including phenoxy) is 1. The van der Waals surface area contributed by atoms with Crippen molar-refractivity contribution in [2.24, 2.45) is 0 Å². The van der Waals surface area contributed by atoms with E-state index in [1.807, 2.05) is 0 Å². The fourth-order valence-corrected chi connectivity index (χ4v) is 2.58. The third-order valence-corrected chi connectivity index (χ3v) is 3.96. The Hall–Kier alpha value is -0.650. The summed E-state index contributed by atoms with van der Waals surface area (Å²) >= 11 is 0. The van der Waals surface area contributed by atoms with Crippen LogP contribution in [0.15, 0.2) is 4.52 Å². The Labute approximate surface area is 113 Å². The Morgan fingerprint density at radius 2 is 2.11 bits per heavy atom. The molecule has 2 aliphatic rings. The van der Waals surface area contributed by atoms with Crippen molar-refractivity contribution in [1.29, 1.82) is 0 Å². The Morgan fingerprint density at radius 3 is 2.78 bits per heavy atom. The Bertz CT molecular complexity index is 384. The highest BCUT2D eigenvalue weighted by molar-refractivity contribution is 5.85. The van der Waals surface area contributed by atoms with Crippen LogP contribution in [0.1, 0.15) is 43.8 Å². The van der Waals surface area contributed by atoms with Crippen LogP contribution in [0.3, 0.4) is 0 Å². The van der Waals surface area contributed by atoms with E-state index in [2.05, 4.69) is 22.4 Å². The Morgan fingerprint density at radius 1 is 1.33 bits per heavy atom. The summed E-state index contributed by atoms with van der Waals surface area (Å²) in [5.41, 5.74) is 0.0515. The highest BCUT2D eigenvalue weighted by Gasteiger charge is 2.35. The SMILES string of the molecule is CC1(c2nc(C3CCOC3)no2)CCNCC1.Cl. The Balaban J connectivity index is 0.00000120. The summed E-state index contributed by atoms with van der Waals surface area (Å²) in [5, 5.41) is 7.49. The molecule has 2 fully saturated rings. The van der Waals surface area contributed by atoms with Crippen LogP contribution in [0.25, 0.3) is 0 Å². The molecule has 102 valence electrons. The molecule has 0 radical (unpaired) electrons. The van der Waals surface area contributed by atoms with Gasteiger partial charge < -0.3 is 14.6 Å². The van der Waals surface area contributed by atoms with E-state index in [1.54, 1.807) is 0 Å². The first-order valence-electron chi connectivity index (χ1n) is 6.40. The van der Waals surface area contributed by atoms with Gasteiger partial charge in [-0.2, -0.15) is 4.98 Å². The van der Waals surface area contributed by atoms with Gasteiger partial charge in [-0.15, -0.1) is 12.4 Å². The van der Waals surface area contributed by atoms with Crippen molar-refractivity contribution in [3.63, 3.8) is 0 Å². The van der Waals surface area contributed by atoms with E-state index >= 15 is 0 Å². The van der Waals surface area contributed by atoms with E-state index in [9.17, 15) is 0 Å². The zero-order valence-electron chi connectivity index (χ0n) is 10.6. The number of nitrogens with zero attached hydrogens (tertiary/aromatic N) is 2. The minimum Gasteiger partial charge on any atom is -0.381 e. The molecule has 6 heteroatoms. The molecule has 1 atom stereocenters. The van der Waals surface area contributed by atoms with Gasteiger partial charge in [-0.05, 0) is 32.4 Å². The number of aromatic nitrogens is 2. The van der Waals surface area contributed by atoms with Crippen molar-refractivity contribution in [2.45, 2.75) is 37.5 Å². The largest absolute Gasteiger partial charge is 0.381 e. The van der Waals surface area contributed by atoms with Gasteiger partial charge in [0.05, 0.1) is 6.61 Å². The summed E-state index contributed by atoms with van der Waals surface area (Å²) in [6.45, 7) is 5.82. The predicted octanol–water partition coefficient (Wildman–Crippen LogP) is 1.64. The van der Waals surface area contributed by atoms with E-state index in [1.165, 1.54) is 0 Å². The topological polar surface area (TPSA) is 60.2 Å². The first kappa shape index (κ1) is 13.8. The summed E-state index contributed by atoms with van der Waals surface area (Å²) in [7, 11) is 0. The lowest BCUT2D eigenvalue weighted by Crippen LogP contribution is -2.37. The Kier molecular flexibility index (Phi) is 4.25. The highest BCUT2D eigenvalue weighted by Crippen LogP contribution is 2.33. The fourth-order valence-electron chi connectivity index (χ4n) is 2.58. The van der Waals surface area contributed by atoms with Crippen LogP contribution in [0.2, 0.25) is 0 Å². The summed E-state index contributed by atoms with van der Waals surface area (Å²) < 4.78 is 10.8. The molecule has 1 unspecified atom stereocenters. The second kappa shape index (κ2) is 5.55. The third kappa shape index (κ3) is 2.53. The van der Waals surface area contributed by atoms with Crippen molar-refractivity contribution in [2.75, 3.05) is 26.3 Å². The molecule has 2 aliphatic heterocycles. The van der Waals surface area contributed by atoms with Crippen molar-refractivity contribution in [3.8, 4) is 0 Å². The summed E-state index contributed by atoms with van der Waals surface area (Å²) in [5.74, 6) is 1.97. The zero-order chi connectivity index (χ0) is 11.7. The molecule has 2 saturated heterocycles. The van der Waals surface area contributed by atoms with Crippen molar-refractivity contribution in [3.05, 3.63) is 11.7 Å². The van der Waals surface area contributed by atoms with Gasteiger partial charge in [0.25, 0.3) is 0 Å². The summed E-state index contributed by atoms with van der Waals surface area (Å²) in [6, 6.07) is 0. The van der Waals surface area contributed by atoms with Gasteiger partial charge in [0.2, 0.25) is 5.89 Å². The van der Waals surface area contributed by atoms with Crippen LogP contribution in [-0.2, 0) is 10.2 Å². The maximum atomic E-state index is 5.48. The molecular formula is C12H20ClN3O2. The van der Waals surface area contributed by atoms with Crippen molar-refractivity contribution >= 4 is 12.4 Å². The minimum atomic E-state index is 0. The molecule has 3 rings (SSSR count). The second-order valence-corrected chi connectivity index (χ2v) is 5.33. The lowest BCUT2D eigenvalue weighted by molar-refractivity contribution is 0.192. The maximum Gasteiger partial charge on any atom is 0.232 e. The van der Waals surface area contributed by atoms with Crippen LogP contribution >= 0.6 is 12.4 Å². The fraction of sp³-hybridized carbons (Fsp3) is 0.833. The maximum absolute atomic E-state index is 5.48. The number of rotatable bonds is 2. The van der Waals surface area contributed by atoms with Crippen molar-refractivity contribution < 1.29 is 9.26 Å². The number of nitrogens with one attached hydrogen (secondary N) is 1. The molecular weight excluding hydrogens is 254 g/mol. The minimum absolute atomic E-state index is 0. The second-order valence-electron chi connectivity index (χ2n) is 5.33. The molecule has 0 aliphatic carbocycles. The van der Waals surface area contributed by atoms with E-state index in [0.717, 1.165) is 57.3 Å². The van der Waals surface area contributed by atoms with Crippen molar-refractivity contribution in [1.82, 2.24) is 15.5 Å². The van der Waals surface area contributed by atoms with Gasteiger partial charge in [-0.3, -0.25) is 0 Å². The molecule has 5 nitrogen and oxygen atoms in total. The van der Waals surface area contributed by atoms with E-state index in [4.69, 9.17) is 9.26 Å². The molecule has 1 aromatic rings. The number of halogens is 1. The molecule has 0 amide bonds. The van der Waals surface area contributed by atoms with Crippen LogP contribution in [0.4, 0.5) is 0 Å². The van der Waals surface area contributed by atoms with Crippen LogP contribution in [-0.4, -0.2) is 36.4 Å². The van der Waals surface area contributed by atoms with Crippen LogP contribution < -0.4 is 5.32 Å². The van der Waals surface area contributed by atoms with Gasteiger partial charge in [-0.1, -0.05) is 12.1 Å². The first-order chi connectivity index (χ1) is 8.28. The molecule has 0 bridgehead atoms. The summed E-state index contributed by atoms with van der Waals surface area (Å²) in [4.78, 5) is 4.60. The number of piperidine rings is 1. The standard InChI is InChI=1S/C12H19N3O2.ClH/c1-12(3-5-13-6-4-12)11-14-10(15-17-11)9-2-7-16-8-9;/h9,13H,2-8H2,1H3;1H. The first-order valence-corrected chi connectivity index (χ1v) is 6.40. The van der Waals surface area contributed by atoms with Gasteiger partial charge in [0.1, 0.15) is 0 Å². The average molecular weight is 274 g/mol. The van der Waals surface area contributed by atoms with Gasteiger partial charge in [0, 0.05) is 17.9 Å². The summed E-state index contributed by atoms with van der Waals surface area (Å²) in [6.07, 6.45) is 3.14. The zero-order valence-corrected chi connectivity index (χ0v) is 11.5. The quantitative estimate of drug-likeness (QED) is 0.888. The molecule has 1 aromatic heterocycles. The molecule has 1 N–H and O–H groups in total. The van der Waals surface area contributed by atoms with E-state index < -0.39 is 0 Å². The monoisotopic (exact) mass is 273 g/mol. The molecule has 0 saturated carbocycles. The van der Waals surface area contributed by atoms with Crippen LogP contribution in [0.5, 0.6) is 0 Å². The predicted molar refractivity (Wildman–Crippen MR) is 69.2 cm³/mol. The van der Waals surface area contributed by atoms with Gasteiger partial charge in [0.15, 0.2) is 5.82 Å². The van der Waals surface area contributed by atoms with E-state index in [0.29, 0.717) is 5.92 Å². The van der Waals surface area contributed by atoms with Crippen LogP contribution in [0, 0.1) is 0 Å². The number of hydrogen-bond donors (Lipinski definition) is 1. The lowest BCUT2D eigenvalue weighted by atomic mass is 9.81. The number of hydrogen-bond acceptors (Lipinski definition) is 5. The van der Waals surface area contributed by atoms with Gasteiger partial charge in [-0.25, -0.2) is 0 Å². The van der Waals surface area contributed by atoms with E-state index in [-0.39, 0.29) is 17.8 Å². The lowest BCUT2D eigenvalue weighted by Gasteiger charge is -2.30. The molecule has 3 heterocycles. The van der Waals surface area contributed by atoms with Gasteiger partial charge >= 0.3 is 0 Å². The third-order valence-electron chi connectivity index (χ3n) is 3.96. The normalized spacial score (nSPS) is 26.8. The molecule has 0 aromatic carbocycles. The molecule has 0 spiro atoms. The average Bonchev–Trinajstić information content (AvgIpc) is 3.01.